The normalized spacial score (nSPS) is 12.0. The molecule has 0 aliphatic rings. The first-order valence-corrected chi connectivity index (χ1v) is 9.17. The summed E-state index contributed by atoms with van der Waals surface area (Å²) >= 11 is 0. The Balaban J connectivity index is 1.62. The molecule has 0 amide bonds. The summed E-state index contributed by atoms with van der Waals surface area (Å²) in [5.74, 6) is -1.06. The average Bonchev–Trinajstić information content (AvgIpc) is 3.25. The van der Waals surface area contributed by atoms with Crippen molar-refractivity contribution in [3.05, 3.63) is 52.7 Å². The summed E-state index contributed by atoms with van der Waals surface area (Å²) in [7, 11) is 1.27. The molecule has 3 aromatic rings. The Morgan fingerprint density at radius 3 is 2.62 bits per heavy atom. The molecule has 0 aliphatic carbocycles. The summed E-state index contributed by atoms with van der Waals surface area (Å²) in [6.45, 7) is 4.81. The molecule has 0 radical (unpaired) electrons. The van der Waals surface area contributed by atoms with Crippen LogP contribution >= 0.6 is 0 Å². The zero-order valence-corrected chi connectivity index (χ0v) is 16.7. The molecule has 29 heavy (non-hydrogen) atoms. The lowest BCUT2D eigenvalue weighted by atomic mass is 10.1. The van der Waals surface area contributed by atoms with Crippen LogP contribution in [0.1, 0.15) is 51.3 Å². The number of aromatic amines is 1. The Bertz CT molecular complexity index is 1050. The Kier molecular flexibility index (Phi) is 5.81. The van der Waals surface area contributed by atoms with Gasteiger partial charge in [-0.1, -0.05) is 12.1 Å². The summed E-state index contributed by atoms with van der Waals surface area (Å²) < 4.78 is 15.6. The number of carbonyl (C=O) groups excluding carboxylic acids is 3. The van der Waals surface area contributed by atoms with Crippen molar-refractivity contribution in [2.45, 2.75) is 39.7 Å². The van der Waals surface area contributed by atoms with E-state index in [1.807, 2.05) is 18.2 Å². The number of H-pyrrole nitrogens is 1. The number of esters is 2. The van der Waals surface area contributed by atoms with E-state index >= 15 is 0 Å². The van der Waals surface area contributed by atoms with Crippen molar-refractivity contribution in [2.75, 3.05) is 7.11 Å². The van der Waals surface area contributed by atoms with E-state index in [-0.39, 0.29) is 18.5 Å². The lowest BCUT2D eigenvalue weighted by Crippen LogP contribution is -2.25. The van der Waals surface area contributed by atoms with Gasteiger partial charge in [-0.05, 0) is 38.5 Å². The van der Waals surface area contributed by atoms with Crippen LogP contribution in [0.25, 0.3) is 11.1 Å². The first-order chi connectivity index (χ1) is 13.8. The van der Waals surface area contributed by atoms with Gasteiger partial charge >= 0.3 is 11.9 Å². The maximum absolute atomic E-state index is 12.7. The van der Waals surface area contributed by atoms with Gasteiger partial charge in [0.15, 0.2) is 17.6 Å². The van der Waals surface area contributed by atoms with Crippen molar-refractivity contribution < 1.29 is 28.3 Å². The molecule has 2 aromatic heterocycles. The van der Waals surface area contributed by atoms with E-state index in [1.54, 1.807) is 19.9 Å². The minimum absolute atomic E-state index is 0.0284. The molecule has 2 heterocycles. The number of Topliss-reactive ketones (excluding diaryl/α,β-unsaturated/α-hetero) is 1. The van der Waals surface area contributed by atoms with Gasteiger partial charge < -0.3 is 18.9 Å². The fourth-order valence-electron chi connectivity index (χ4n) is 3.15. The first-order valence-electron chi connectivity index (χ1n) is 9.17. The quantitative estimate of drug-likeness (QED) is 0.480. The third-order valence-corrected chi connectivity index (χ3v) is 4.63. The van der Waals surface area contributed by atoms with E-state index in [4.69, 9.17) is 13.9 Å². The highest BCUT2D eigenvalue weighted by molar-refractivity contribution is 6.03. The van der Waals surface area contributed by atoms with Crippen molar-refractivity contribution in [3.63, 3.8) is 0 Å². The summed E-state index contributed by atoms with van der Waals surface area (Å²) in [6.07, 6.45) is -0.712. The number of ether oxygens (including phenoxy) is 2. The second-order valence-corrected chi connectivity index (χ2v) is 6.69. The molecule has 0 aliphatic heterocycles. The number of hydrogen-bond acceptors (Lipinski definition) is 7. The van der Waals surface area contributed by atoms with Crippen LogP contribution in [0, 0.1) is 13.8 Å². The molecule has 1 atom stereocenters. The Hall–Kier alpha value is -3.42. The first kappa shape index (κ1) is 20.3. The minimum atomic E-state index is -1.01. The van der Waals surface area contributed by atoms with Crippen LogP contribution in [0.3, 0.4) is 0 Å². The van der Waals surface area contributed by atoms with Crippen LogP contribution in [0.2, 0.25) is 0 Å². The second kappa shape index (κ2) is 8.30. The number of aromatic nitrogens is 2. The highest BCUT2D eigenvalue weighted by Crippen LogP contribution is 2.21. The lowest BCUT2D eigenvalue weighted by Gasteiger charge is -2.12. The summed E-state index contributed by atoms with van der Waals surface area (Å²) in [5.41, 5.74) is 2.89. The maximum atomic E-state index is 12.7. The molecule has 1 aromatic carbocycles. The Labute approximate surface area is 167 Å². The van der Waals surface area contributed by atoms with E-state index < -0.39 is 23.8 Å². The number of aryl methyl sites for hydroxylation is 2. The molecule has 0 saturated heterocycles. The molecular formula is C21H22N2O6. The molecule has 0 spiro atoms. The van der Waals surface area contributed by atoms with E-state index in [1.165, 1.54) is 14.0 Å². The van der Waals surface area contributed by atoms with Crippen LogP contribution in [0.5, 0.6) is 0 Å². The van der Waals surface area contributed by atoms with E-state index in [2.05, 4.69) is 9.97 Å². The predicted molar refractivity (Wildman–Crippen MR) is 104 cm³/mol. The molecule has 3 rings (SSSR count). The maximum Gasteiger partial charge on any atom is 0.339 e. The summed E-state index contributed by atoms with van der Waals surface area (Å²) in [6, 6.07) is 7.32. The topological polar surface area (TPSA) is 111 Å². The summed E-state index contributed by atoms with van der Waals surface area (Å²) in [4.78, 5) is 43.9. The highest BCUT2D eigenvalue weighted by Gasteiger charge is 2.27. The van der Waals surface area contributed by atoms with E-state index in [9.17, 15) is 14.4 Å². The van der Waals surface area contributed by atoms with Gasteiger partial charge in [-0.25, -0.2) is 9.78 Å². The number of methoxy groups -OCH3 is 1. The number of hydrogen-bond donors (Lipinski definition) is 1. The molecule has 0 saturated carbocycles. The molecule has 0 fully saturated rings. The Morgan fingerprint density at radius 1 is 1.21 bits per heavy atom. The Morgan fingerprint density at radius 2 is 1.93 bits per heavy atom. The van der Waals surface area contributed by atoms with Gasteiger partial charge in [0.25, 0.3) is 0 Å². The smallest absolute Gasteiger partial charge is 0.339 e. The zero-order chi connectivity index (χ0) is 21.1. The van der Waals surface area contributed by atoms with Crippen LogP contribution < -0.4 is 0 Å². The molecule has 0 unspecified atom stereocenters. The van der Waals surface area contributed by atoms with Gasteiger partial charge in [-0.3, -0.25) is 9.59 Å². The molecule has 8 heteroatoms. The third-order valence-electron chi connectivity index (χ3n) is 4.63. The number of carbonyl (C=O) groups is 3. The fourth-order valence-corrected chi connectivity index (χ4v) is 3.15. The zero-order valence-electron chi connectivity index (χ0n) is 16.7. The van der Waals surface area contributed by atoms with Crippen LogP contribution in [-0.2, 0) is 20.7 Å². The predicted octanol–water partition coefficient (Wildman–Crippen LogP) is 3.31. The lowest BCUT2D eigenvalue weighted by molar-refractivity contribution is -0.146. The van der Waals surface area contributed by atoms with E-state index in [0.29, 0.717) is 28.3 Å². The molecule has 8 nitrogen and oxygen atoms in total. The SMILES string of the molecule is COC(=O)c1c(C)[nH]c(C(=O)[C@H](C)OC(=O)CCc2nc3ccccc3o2)c1C. The van der Waals surface area contributed by atoms with Crippen molar-refractivity contribution in [3.8, 4) is 0 Å². The van der Waals surface area contributed by atoms with Crippen molar-refractivity contribution in [2.24, 2.45) is 0 Å². The number of nitrogens with zero attached hydrogens (tertiary/aromatic N) is 1. The number of fused-ring (bicyclic) bond motifs is 1. The molecule has 1 N–H and O–H groups in total. The van der Waals surface area contributed by atoms with Crippen LogP contribution in [0.4, 0.5) is 0 Å². The van der Waals surface area contributed by atoms with Gasteiger partial charge in [-0.15, -0.1) is 0 Å². The van der Waals surface area contributed by atoms with Crippen LogP contribution in [-0.4, -0.2) is 40.9 Å². The molecule has 0 bridgehead atoms. The third kappa shape index (κ3) is 4.21. The number of benzene rings is 1. The standard InChI is InChI=1S/C21H22N2O6/c1-11-18(21(26)27-4)12(2)22-19(11)20(25)13(3)28-17(24)10-9-16-23-14-7-5-6-8-15(14)29-16/h5-8,13,22H,9-10H2,1-4H3/t13-/m0/s1. The van der Waals surface area contributed by atoms with Gasteiger partial charge in [0, 0.05) is 12.1 Å². The van der Waals surface area contributed by atoms with E-state index in [0.717, 1.165) is 5.52 Å². The number of ketones is 1. The van der Waals surface area contributed by atoms with Gasteiger partial charge in [0.05, 0.1) is 24.8 Å². The second-order valence-electron chi connectivity index (χ2n) is 6.69. The van der Waals surface area contributed by atoms with Gasteiger partial charge in [-0.2, -0.15) is 0 Å². The molecule has 152 valence electrons. The van der Waals surface area contributed by atoms with Crippen molar-refractivity contribution >= 4 is 28.8 Å². The molecular weight excluding hydrogens is 376 g/mol. The number of nitrogens with one attached hydrogen (secondary N) is 1. The average molecular weight is 398 g/mol. The summed E-state index contributed by atoms with van der Waals surface area (Å²) in [5, 5.41) is 0. The van der Waals surface area contributed by atoms with Gasteiger partial charge in [0.1, 0.15) is 5.52 Å². The highest BCUT2D eigenvalue weighted by atomic mass is 16.5. The van der Waals surface area contributed by atoms with Crippen molar-refractivity contribution in [1.82, 2.24) is 9.97 Å². The van der Waals surface area contributed by atoms with Gasteiger partial charge in [0.2, 0.25) is 5.78 Å². The van der Waals surface area contributed by atoms with Crippen LogP contribution in [0.15, 0.2) is 28.7 Å². The number of para-hydroxylation sites is 2. The fraction of sp³-hybridized carbons (Fsp3) is 0.333. The monoisotopic (exact) mass is 398 g/mol. The number of oxazole rings is 1. The largest absolute Gasteiger partial charge is 0.465 e. The van der Waals surface area contributed by atoms with Crippen molar-refractivity contribution in [1.29, 1.82) is 0 Å². The number of rotatable bonds is 7. The minimum Gasteiger partial charge on any atom is -0.465 e.